The number of hydrogen-bond donors (Lipinski definition) is 2. The van der Waals surface area contributed by atoms with Crippen LogP contribution in [0, 0.1) is 0 Å². The van der Waals surface area contributed by atoms with Crippen molar-refractivity contribution in [3.63, 3.8) is 0 Å². The zero-order chi connectivity index (χ0) is 20.7. The second-order valence-corrected chi connectivity index (χ2v) is 9.80. The molecule has 160 valence electrons. The molecule has 0 radical (unpaired) electrons. The first-order chi connectivity index (χ1) is 14.0. The van der Waals surface area contributed by atoms with Crippen LogP contribution in [0.1, 0.15) is 33.6 Å². The molecular weight excluding hydrogens is 382 g/mol. The number of aliphatic imine (C=N–C) groups is 1. The molecule has 1 aliphatic carbocycles. The van der Waals surface area contributed by atoms with Gasteiger partial charge in [0.2, 0.25) is 5.91 Å². The van der Waals surface area contributed by atoms with E-state index < -0.39 is 0 Å². The van der Waals surface area contributed by atoms with Crippen LogP contribution in [-0.2, 0) is 4.79 Å². The lowest BCUT2D eigenvalue weighted by Crippen LogP contribution is -2.54. The molecule has 1 aliphatic heterocycles. The Hall–Kier alpha value is -1.73. The highest BCUT2D eigenvalue weighted by Gasteiger charge is 2.43. The van der Waals surface area contributed by atoms with Gasteiger partial charge in [-0.2, -0.15) is 0 Å². The van der Waals surface area contributed by atoms with E-state index in [1.807, 2.05) is 25.6 Å². The summed E-state index contributed by atoms with van der Waals surface area (Å²) in [6.45, 7) is 11.9. The number of benzene rings is 1. The molecule has 1 saturated heterocycles. The minimum absolute atomic E-state index is 0.114. The van der Waals surface area contributed by atoms with Gasteiger partial charge < -0.3 is 15.5 Å². The van der Waals surface area contributed by atoms with E-state index in [0.29, 0.717) is 6.54 Å². The number of carbonyl (C=O) groups excluding carboxylic acids is 1. The minimum atomic E-state index is 0.114. The Kier molecular flexibility index (Phi) is 7.84. The van der Waals surface area contributed by atoms with E-state index in [1.165, 1.54) is 17.7 Å². The zero-order valence-corrected chi connectivity index (χ0v) is 18.8. The lowest BCUT2D eigenvalue weighted by Gasteiger charge is -2.36. The number of carbonyl (C=O) groups is 1. The summed E-state index contributed by atoms with van der Waals surface area (Å²) in [5.41, 5.74) is 0. The SMILES string of the molecule is CCNC(=NCC1(Sc2ccccc2)CC1)N1CCN(CC(=O)NC(C)C)CC1. The number of amides is 1. The van der Waals surface area contributed by atoms with Crippen LogP contribution < -0.4 is 10.6 Å². The maximum absolute atomic E-state index is 12.0. The molecular formula is C22H35N5OS. The van der Waals surface area contributed by atoms with Gasteiger partial charge in [0.05, 0.1) is 13.1 Å². The molecule has 2 N–H and O–H groups in total. The van der Waals surface area contributed by atoms with Gasteiger partial charge in [-0.3, -0.25) is 14.7 Å². The zero-order valence-electron chi connectivity index (χ0n) is 18.0. The molecule has 6 nitrogen and oxygen atoms in total. The van der Waals surface area contributed by atoms with E-state index in [4.69, 9.17) is 4.99 Å². The fourth-order valence-corrected chi connectivity index (χ4v) is 4.73. The Morgan fingerprint density at radius 2 is 1.86 bits per heavy atom. The highest BCUT2D eigenvalue weighted by molar-refractivity contribution is 8.01. The molecule has 3 rings (SSSR count). The molecule has 2 aliphatic rings. The summed E-state index contributed by atoms with van der Waals surface area (Å²) < 4.78 is 0.263. The maximum atomic E-state index is 12.0. The molecule has 7 heteroatoms. The van der Waals surface area contributed by atoms with Crippen LogP contribution in [0.5, 0.6) is 0 Å². The van der Waals surface area contributed by atoms with Crippen molar-refractivity contribution >= 4 is 23.6 Å². The van der Waals surface area contributed by atoms with Crippen LogP contribution in [0.4, 0.5) is 0 Å². The molecule has 0 bridgehead atoms. The van der Waals surface area contributed by atoms with Gasteiger partial charge in [0.15, 0.2) is 5.96 Å². The Labute approximate surface area is 179 Å². The third-order valence-electron chi connectivity index (χ3n) is 5.23. The van der Waals surface area contributed by atoms with Crippen LogP contribution in [0.25, 0.3) is 0 Å². The predicted molar refractivity (Wildman–Crippen MR) is 122 cm³/mol. The molecule has 2 fully saturated rings. The first-order valence-corrected chi connectivity index (χ1v) is 11.6. The topological polar surface area (TPSA) is 60.0 Å². The van der Waals surface area contributed by atoms with E-state index >= 15 is 0 Å². The average Bonchev–Trinajstić information content (AvgIpc) is 3.45. The van der Waals surface area contributed by atoms with Gasteiger partial charge in [0.1, 0.15) is 0 Å². The number of thioether (sulfide) groups is 1. The minimum Gasteiger partial charge on any atom is -0.357 e. The van der Waals surface area contributed by atoms with Gasteiger partial charge >= 0.3 is 0 Å². The van der Waals surface area contributed by atoms with E-state index in [-0.39, 0.29) is 16.7 Å². The predicted octanol–water partition coefficient (Wildman–Crippen LogP) is 2.42. The highest BCUT2D eigenvalue weighted by Crippen LogP contribution is 2.51. The van der Waals surface area contributed by atoms with Crippen molar-refractivity contribution in [2.45, 2.75) is 49.3 Å². The molecule has 1 saturated carbocycles. The van der Waals surface area contributed by atoms with Crippen LogP contribution in [0.2, 0.25) is 0 Å². The molecule has 1 aromatic rings. The van der Waals surface area contributed by atoms with Crippen molar-refractivity contribution < 1.29 is 4.79 Å². The summed E-state index contributed by atoms with van der Waals surface area (Å²) in [6.07, 6.45) is 2.46. The van der Waals surface area contributed by atoms with Crippen LogP contribution in [0.3, 0.4) is 0 Å². The van der Waals surface area contributed by atoms with Gasteiger partial charge in [-0.05, 0) is 45.7 Å². The Bertz CT molecular complexity index is 682. The number of nitrogens with one attached hydrogen (secondary N) is 2. The van der Waals surface area contributed by atoms with Crippen molar-refractivity contribution in [1.82, 2.24) is 20.4 Å². The fourth-order valence-electron chi connectivity index (χ4n) is 3.50. The molecule has 0 aromatic heterocycles. The normalized spacial score (nSPS) is 19.3. The summed E-state index contributed by atoms with van der Waals surface area (Å²) in [7, 11) is 0. The average molecular weight is 418 g/mol. The van der Waals surface area contributed by atoms with E-state index in [0.717, 1.165) is 45.2 Å². The number of hydrogen-bond acceptors (Lipinski definition) is 4. The molecule has 1 heterocycles. The lowest BCUT2D eigenvalue weighted by molar-refractivity contribution is -0.123. The van der Waals surface area contributed by atoms with Crippen molar-refractivity contribution in [1.29, 1.82) is 0 Å². The Morgan fingerprint density at radius 3 is 2.45 bits per heavy atom. The quantitative estimate of drug-likeness (QED) is 0.503. The number of piperazine rings is 1. The van der Waals surface area contributed by atoms with Gasteiger partial charge in [-0.15, -0.1) is 11.8 Å². The summed E-state index contributed by atoms with van der Waals surface area (Å²) >= 11 is 1.97. The Morgan fingerprint density at radius 1 is 1.17 bits per heavy atom. The van der Waals surface area contributed by atoms with Gasteiger partial charge in [0.25, 0.3) is 0 Å². The first kappa shape index (κ1) is 22.0. The highest BCUT2D eigenvalue weighted by atomic mass is 32.2. The van der Waals surface area contributed by atoms with Gasteiger partial charge in [-0.25, -0.2) is 0 Å². The van der Waals surface area contributed by atoms with Crippen molar-refractivity contribution in [2.24, 2.45) is 4.99 Å². The molecule has 0 spiro atoms. The first-order valence-electron chi connectivity index (χ1n) is 10.8. The summed E-state index contributed by atoms with van der Waals surface area (Å²) in [5, 5.41) is 6.44. The monoisotopic (exact) mass is 417 g/mol. The van der Waals surface area contributed by atoms with Gasteiger partial charge in [0, 0.05) is 48.4 Å². The van der Waals surface area contributed by atoms with E-state index in [9.17, 15) is 4.79 Å². The molecule has 29 heavy (non-hydrogen) atoms. The second-order valence-electron chi connectivity index (χ2n) is 8.25. The van der Waals surface area contributed by atoms with Crippen molar-refractivity contribution in [3.05, 3.63) is 30.3 Å². The van der Waals surface area contributed by atoms with Gasteiger partial charge in [-0.1, -0.05) is 18.2 Å². The third kappa shape index (κ3) is 6.93. The van der Waals surface area contributed by atoms with Crippen molar-refractivity contribution in [3.8, 4) is 0 Å². The summed E-state index contributed by atoms with van der Waals surface area (Å²) in [5.74, 6) is 1.13. The fraction of sp³-hybridized carbons (Fsp3) is 0.636. The molecule has 1 aromatic carbocycles. The number of guanidine groups is 1. The molecule has 0 unspecified atom stereocenters. The molecule has 0 atom stereocenters. The maximum Gasteiger partial charge on any atom is 0.234 e. The smallest absolute Gasteiger partial charge is 0.234 e. The molecule has 1 amide bonds. The van der Waals surface area contributed by atoms with Crippen molar-refractivity contribution in [2.75, 3.05) is 45.8 Å². The standard InChI is InChI=1S/C22H35N5OS/c1-4-23-21(24-17-22(10-11-22)29-19-8-6-5-7-9-19)27-14-12-26(13-15-27)16-20(28)25-18(2)3/h5-9,18H,4,10-17H2,1-3H3,(H,23,24)(H,25,28). The van der Waals surface area contributed by atoms with Crippen LogP contribution >= 0.6 is 11.8 Å². The Balaban J connectivity index is 1.51. The number of rotatable bonds is 8. The summed E-state index contributed by atoms with van der Waals surface area (Å²) in [4.78, 5) is 22.9. The van der Waals surface area contributed by atoms with Crippen LogP contribution in [-0.4, -0.2) is 78.3 Å². The number of nitrogens with zero attached hydrogens (tertiary/aromatic N) is 3. The van der Waals surface area contributed by atoms with E-state index in [2.05, 4.69) is 57.7 Å². The summed E-state index contributed by atoms with van der Waals surface area (Å²) in [6, 6.07) is 10.8. The second kappa shape index (κ2) is 10.3. The lowest BCUT2D eigenvalue weighted by atomic mass is 10.3. The van der Waals surface area contributed by atoms with Crippen LogP contribution in [0.15, 0.2) is 40.2 Å². The third-order valence-corrected chi connectivity index (χ3v) is 6.70. The largest absolute Gasteiger partial charge is 0.357 e. The van der Waals surface area contributed by atoms with E-state index in [1.54, 1.807) is 0 Å².